The van der Waals surface area contributed by atoms with Crippen molar-refractivity contribution >= 4 is 23.2 Å². The zero-order valence-electron chi connectivity index (χ0n) is 16.9. The molecule has 3 aromatic rings. The van der Waals surface area contributed by atoms with E-state index in [9.17, 15) is 9.59 Å². The van der Waals surface area contributed by atoms with Gasteiger partial charge in [0.05, 0.1) is 0 Å². The van der Waals surface area contributed by atoms with Gasteiger partial charge in [-0.2, -0.15) is 0 Å². The van der Waals surface area contributed by atoms with Crippen LogP contribution in [0.15, 0.2) is 72.8 Å². The van der Waals surface area contributed by atoms with E-state index < -0.39 is 6.04 Å². The molecule has 1 aliphatic rings. The minimum atomic E-state index is -0.696. The Hall–Kier alpha value is -3.40. The lowest BCUT2D eigenvalue weighted by Crippen LogP contribution is -2.56. The largest absolute Gasteiger partial charge is 0.301 e. The second-order valence-corrected chi connectivity index (χ2v) is 7.58. The molecule has 1 aliphatic heterocycles. The molecular weight excluding hydrogens is 360 g/mol. The minimum Gasteiger partial charge on any atom is -0.301 e. The molecule has 3 aromatic carbocycles. The van der Waals surface area contributed by atoms with Crippen molar-refractivity contribution < 1.29 is 9.59 Å². The molecule has 0 unspecified atom stereocenters. The van der Waals surface area contributed by atoms with Gasteiger partial charge in [-0.05, 0) is 49.6 Å². The van der Waals surface area contributed by atoms with Gasteiger partial charge in [-0.15, -0.1) is 0 Å². The standard InChI is InChI=1S/C25H24N2O2/c1-17-13-14-22(19(3)15-17)27-23(28)16-26(21-12-8-7-9-18(21)2)25(29)24(27)20-10-5-4-6-11-20/h4-15,24H,16H2,1-3H3/t24-/m0/s1. The van der Waals surface area contributed by atoms with Crippen LogP contribution in [0.5, 0.6) is 0 Å². The zero-order chi connectivity index (χ0) is 20.5. The molecule has 146 valence electrons. The van der Waals surface area contributed by atoms with Gasteiger partial charge in [-0.3, -0.25) is 14.5 Å². The first-order chi connectivity index (χ1) is 14.0. The summed E-state index contributed by atoms with van der Waals surface area (Å²) >= 11 is 0. The lowest BCUT2D eigenvalue weighted by atomic mass is 9.97. The number of carbonyl (C=O) groups excluding carboxylic acids is 2. The highest BCUT2D eigenvalue weighted by molar-refractivity contribution is 6.15. The second-order valence-electron chi connectivity index (χ2n) is 7.58. The maximum Gasteiger partial charge on any atom is 0.255 e. The third kappa shape index (κ3) is 3.42. The highest BCUT2D eigenvalue weighted by Gasteiger charge is 2.42. The molecule has 1 fully saturated rings. The summed E-state index contributed by atoms with van der Waals surface area (Å²) in [5.41, 5.74) is 5.46. The van der Waals surface area contributed by atoms with Crippen LogP contribution in [0.2, 0.25) is 0 Å². The van der Waals surface area contributed by atoms with E-state index in [2.05, 4.69) is 0 Å². The Labute approximate surface area is 171 Å². The predicted molar refractivity (Wildman–Crippen MR) is 116 cm³/mol. The molecule has 0 N–H and O–H groups in total. The van der Waals surface area contributed by atoms with Crippen LogP contribution < -0.4 is 9.80 Å². The molecule has 4 nitrogen and oxygen atoms in total. The maximum absolute atomic E-state index is 13.7. The summed E-state index contributed by atoms with van der Waals surface area (Å²) in [4.78, 5) is 30.4. The number of hydrogen-bond donors (Lipinski definition) is 0. The summed E-state index contributed by atoms with van der Waals surface area (Å²) in [6.45, 7) is 5.99. The normalized spacial score (nSPS) is 17.0. The summed E-state index contributed by atoms with van der Waals surface area (Å²) in [6, 6.07) is 22.5. The number of hydrogen-bond acceptors (Lipinski definition) is 2. The number of anilines is 2. The summed E-state index contributed by atoms with van der Waals surface area (Å²) in [5.74, 6) is -0.182. The Balaban J connectivity index is 1.85. The molecule has 0 aliphatic carbocycles. The maximum atomic E-state index is 13.7. The number of amides is 2. The average Bonchev–Trinajstić information content (AvgIpc) is 2.71. The predicted octanol–water partition coefficient (Wildman–Crippen LogP) is 4.73. The lowest BCUT2D eigenvalue weighted by molar-refractivity contribution is -0.128. The number of rotatable bonds is 3. The van der Waals surface area contributed by atoms with Crippen molar-refractivity contribution in [1.82, 2.24) is 0 Å². The van der Waals surface area contributed by atoms with Crippen LogP contribution in [-0.2, 0) is 9.59 Å². The van der Waals surface area contributed by atoms with Crippen LogP contribution in [0.25, 0.3) is 0 Å². The van der Waals surface area contributed by atoms with E-state index in [-0.39, 0.29) is 18.4 Å². The van der Waals surface area contributed by atoms with Gasteiger partial charge in [0.1, 0.15) is 12.6 Å². The van der Waals surface area contributed by atoms with Crippen LogP contribution >= 0.6 is 0 Å². The van der Waals surface area contributed by atoms with Crippen molar-refractivity contribution in [2.45, 2.75) is 26.8 Å². The van der Waals surface area contributed by atoms with E-state index in [0.717, 1.165) is 33.6 Å². The molecule has 4 rings (SSSR count). The van der Waals surface area contributed by atoms with E-state index in [1.165, 1.54) is 0 Å². The molecule has 4 heteroatoms. The summed E-state index contributed by atoms with van der Waals surface area (Å²) in [6.07, 6.45) is 0. The number of carbonyl (C=O) groups is 2. The van der Waals surface area contributed by atoms with Gasteiger partial charge in [0.15, 0.2) is 0 Å². The Kier molecular flexibility index (Phi) is 4.93. The van der Waals surface area contributed by atoms with Crippen molar-refractivity contribution in [3.8, 4) is 0 Å². The molecule has 1 atom stereocenters. The van der Waals surface area contributed by atoms with E-state index in [1.807, 2.05) is 93.6 Å². The summed E-state index contributed by atoms with van der Waals surface area (Å²) in [5, 5.41) is 0. The Morgan fingerprint density at radius 3 is 2.14 bits per heavy atom. The van der Waals surface area contributed by atoms with E-state index >= 15 is 0 Å². The van der Waals surface area contributed by atoms with E-state index in [1.54, 1.807) is 9.80 Å². The minimum absolute atomic E-state index is 0.0281. The molecule has 0 bridgehead atoms. The van der Waals surface area contributed by atoms with Crippen molar-refractivity contribution in [1.29, 1.82) is 0 Å². The summed E-state index contributed by atoms with van der Waals surface area (Å²) in [7, 11) is 0. The highest BCUT2D eigenvalue weighted by Crippen LogP contribution is 2.36. The van der Waals surface area contributed by atoms with E-state index in [4.69, 9.17) is 0 Å². The van der Waals surface area contributed by atoms with Gasteiger partial charge < -0.3 is 4.90 Å². The topological polar surface area (TPSA) is 40.6 Å². The monoisotopic (exact) mass is 384 g/mol. The van der Waals surface area contributed by atoms with Crippen LogP contribution in [0, 0.1) is 20.8 Å². The van der Waals surface area contributed by atoms with Crippen LogP contribution in [0.3, 0.4) is 0 Å². The van der Waals surface area contributed by atoms with Gasteiger partial charge in [0.25, 0.3) is 5.91 Å². The Morgan fingerprint density at radius 1 is 0.759 bits per heavy atom. The summed E-state index contributed by atoms with van der Waals surface area (Å²) < 4.78 is 0. The molecule has 29 heavy (non-hydrogen) atoms. The van der Waals surface area contributed by atoms with Crippen molar-refractivity contribution in [3.05, 3.63) is 95.1 Å². The van der Waals surface area contributed by atoms with Gasteiger partial charge in [-0.25, -0.2) is 0 Å². The third-order valence-electron chi connectivity index (χ3n) is 5.45. The first kappa shape index (κ1) is 18.9. The van der Waals surface area contributed by atoms with Gasteiger partial charge >= 0.3 is 0 Å². The van der Waals surface area contributed by atoms with Crippen LogP contribution in [0.1, 0.15) is 28.3 Å². The number of nitrogens with zero attached hydrogens (tertiary/aromatic N) is 2. The first-order valence-corrected chi connectivity index (χ1v) is 9.78. The number of benzene rings is 3. The Morgan fingerprint density at radius 2 is 1.45 bits per heavy atom. The Bertz CT molecular complexity index is 1080. The van der Waals surface area contributed by atoms with Gasteiger partial charge in [0.2, 0.25) is 5.91 Å². The number of para-hydroxylation sites is 1. The fourth-order valence-electron chi connectivity index (χ4n) is 4.04. The first-order valence-electron chi connectivity index (χ1n) is 9.78. The molecule has 1 saturated heterocycles. The number of aryl methyl sites for hydroxylation is 3. The number of piperazine rings is 1. The SMILES string of the molecule is Cc1ccc(N2C(=O)CN(c3ccccc3C)C(=O)[C@@H]2c2ccccc2)c(C)c1. The third-order valence-corrected chi connectivity index (χ3v) is 5.45. The highest BCUT2D eigenvalue weighted by atomic mass is 16.2. The molecule has 2 amide bonds. The van der Waals surface area contributed by atoms with Crippen molar-refractivity contribution in [3.63, 3.8) is 0 Å². The van der Waals surface area contributed by atoms with Gasteiger partial charge in [0, 0.05) is 11.4 Å². The van der Waals surface area contributed by atoms with E-state index in [0.29, 0.717) is 0 Å². The quantitative estimate of drug-likeness (QED) is 0.655. The average molecular weight is 384 g/mol. The molecule has 1 heterocycles. The van der Waals surface area contributed by atoms with Crippen LogP contribution in [0.4, 0.5) is 11.4 Å². The molecule has 0 radical (unpaired) electrons. The fourth-order valence-corrected chi connectivity index (χ4v) is 4.04. The van der Waals surface area contributed by atoms with Crippen LogP contribution in [-0.4, -0.2) is 18.4 Å². The molecular formula is C25H24N2O2. The second kappa shape index (κ2) is 7.55. The molecule has 0 aromatic heterocycles. The van der Waals surface area contributed by atoms with Gasteiger partial charge in [-0.1, -0.05) is 66.2 Å². The molecule has 0 spiro atoms. The lowest BCUT2D eigenvalue weighted by Gasteiger charge is -2.41. The van der Waals surface area contributed by atoms with Crippen molar-refractivity contribution in [2.75, 3.05) is 16.3 Å². The molecule has 0 saturated carbocycles. The zero-order valence-corrected chi connectivity index (χ0v) is 16.9. The smallest absolute Gasteiger partial charge is 0.255 e. The van der Waals surface area contributed by atoms with Crippen molar-refractivity contribution in [2.24, 2.45) is 0 Å². The fraction of sp³-hybridized carbons (Fsp3) is 0.200.